The summed E-state index contributed by atoms with van der Waals surface area (Å²) in [6.07, 6.45) is 4.39. The smallest absolute Gasteiger partial charge is 0.281 e. The summed E-state index contributed by atoms with van der Waals surface area (Å²) in [5, 5.41) is 3.82. The van der Waals surface area contributed by atoms with Gasteiger partial charge in [-0.15, -0.1) is 0 Å². The van der Waals surface area contributed by atoms with Crippen LogP contribution in [0.15, 0.2) is 58.8 Å². The molecule has 4 heterocycles. The fourth-order valence-electron chi connectivity index (χ4n) is 3.36. The maximum absolute atomic E-state index is 13.4. The number of nitrogens with one attached hydrogen (secondary N) is 4. The monoisotopic (exact) mass is 449 g/mol. The molecule has 4 aromatic heterocycles. The molecule has 12 heteroatoms. The minimum absolute atomic E-state index is 0.259. The van der Waals surface area contributed by atoms with E-state index in [0.29, 0.717) is 39.0 Å². The van der Waals surface area contributed by atoms with Gasteiger partial charge in [0.1, 0.15) is 11.8 Å². The van der Waals surface area contributed by atoms with E-state index in [-0.39, 0.29) is 16.5 Å². The largest absolute Gasteiger partial charge is 0.358 e. The molecule has 5 aromatic rings. The minimum atomic E-state index is -0.470. The summed E-state index contributed by atoms with van der Waals surface area (Å²) in [6, 6.07) is 7.53. The third-order valence-electron chi connectivity index (χ3n) is 4.86. The molecule has 0 aliphatic carbocycles. The van der Waals surface area contributed by atoms with Crippen LogP contribution in [0.4, 0.5) is 11.5 Å². The number of halogens is 1. The van der Waals surface area contributed by atoms with Gasteiger partial charge in [0.25, 0.3) is 5.56 Å². The van der Waals surface area contributed by atoms with Gasteiger partial charge in [-0.25, -0.2) is 24.6 Å². The van der Waals surface area contributed by atoms with Gasteiger partial charge in [0, 0.05) is 12.3 Å². The van der Waals surface area contributed by atoms with E-state index in [1.165, 1.54) is 29.6 Å². The highest BCUT2D eigenvalue weighted by Gasteiger charge is 2.20. The van der Waals surface area contributed by atoms with Gasteiger partial charge < -0.3 is 15.3 Å². The van der Waals surface area contributed by atoms with Crippen molar-refractivity contribution >= 4 is 45.2 Å². The predicted octanol–water partition coefficient (Wildman–Crippen LogP) is 2.45. The Labute approximate surface area is 184 Å². The van der Waals surface area contributed by atoms with Crippen molar-refractivity contribution in [2.24, 2.45) is 0 Å². The van der Waals surface area contributed by atoms with Crippen molar-refractivity contribution in [3.63, 3.8) is 0 Å². The standard InChI is InChI=1S/C20H16ClN9O2/c1-10(27-18-16-17(24-8-23-16)25-9-26-18)19-28-13-4-2-3-12(21)15(13)20(32)30(19)29-11-5-6-14(31)22-7-11/h2-10,29H,1H3,(H,22,31)(H2,23,24,25,26,27)/t10-/m0/s1. The number of pyridine rings is 1. The molecule has 0 aliphatic heterocycles. The molecule has 160 valence electrons. The molecular weight excluding hydrogens is 434 g/mol. The van der Waals surface area contributed by atoms with Crippen molar-refractivity contribution in [3.05, 3.63) is 80.7 Å². The Morgan fingerprint density at radius 1 is 1.09 bits per heavy atom. The number of hydrogen-bond acceptors (Lipinski definition) is 8. The van der Waals surface area contributed by atoms with E-state index < -0.39 is 6.04 Å². The molecule has 0 unspecified atom stereocenters. The third kappa shape index (κ3) is 3.44. The number of aromatic nitrogens is 7. The quantitative estimate of drug-likeness (QED) is 0.320. The fraction of sp³-hybridized carbons (Fsp3) is 0.100. The Balaban J connectivity index is 1.64. The molecule has 0 amide bonds. The van der Waals surface area contributed by atoms with E-state index in [0.717, 1.165) is 0 Å². The predicted molar refractivity (Wildman–Crippen MR) is 121 cm³/mol. The van der Waals surface area contributed by atoms with Crippen LogP contribution in [0.5, 0.6) is 0 Å². The molecular formula is C20H16ClN9O2. The van der Waals surface area contributed by atoms with Crippen molar-refractivity contribution in [1.82, 2.24) is 34.6 Å². The summed E-state index contributed by atoms with van der Waals surface area (Å²) >= 11 is 6.30. The van der Waals surface area contributed by atoms with Crippen LogP contribution in [-0.4, -0.2) is 34.6 Å². The summed E-state index contributed by atoms with van der Waals surface area (Å²) in [6.45, 7) is 1.84. The van der Waals surface area contributed by atoms with Crippen LogP contribution < -0.4 is 21.9 Å². The summed E-state index contributed by atoms with van der Waals surface area (Å²) in [5.74, 6) is 0.887. The van der Waals surface area contributed by atoms with Crippen LogP contribution in [-0.2, 0) is 0 Å². The van der Waals surface area contributed by atoms with E-state index in [2.05, 4.69) is 40.6 Å². The van der Waals surface area contributed by atoms with Crippen LogP contribution in [0.2, 0.25) is 5.02 Å². The van der Waals surface area contributed by atoms with E-state index in [1.54, 1.807) is 24.3 Å². The Hall–Kier alpha value is -4.25. The first-order valence-electron chi connectivity index (χ1n) is 9.59. The van der Waals surface area contributed by atoms with E-state index >= 15 is 0 Å². The number of aromatic amines is 2. The van der Waals surface area contributed by atoms with Crippen molar-refractivity contribution in [2.45, 2.75) is 13.0 Å². The maximum Gasteiger partial charge on any atom is 0.281 e. The maximum atomic E-state index is 13.4. The van der Waals surface area contributed by atoms with Crippen molar-refractivity contribution < 1.29 is 0 Å². The van der Waals surface area contributed by atoms with Crippen molar-refractivity contribution in [3.8, 4) is 0 Å². The molecule has 5 rings (SSSR count). The lowest BCUT2D eigenvalue weighted by molar-refractivity contribution is 0.701. The lowest BCUT2D eigenvalue weighted by Crippen LogP contribution is -2.33. The molecule has 1 atom stereocenters. The first kappa shape index (κ1) is 19.7. The molecule has 11 nitrogen and oxygen atoms in total. The minimum Gasteiger partial charge on any atom is -0.358 e. The van der Waals surface area contributed by atoms with Gasteiger partial charge in [-0.2, -0.15) is 0 Å². The first-order valence-corrected chi connectivity index (χ1v) is 9.96. The molecule has 0 radical (unpaired) electrons. The van der Waals surface area contributed by atoms with E-state index in [1.807, 2.05) is 6.92 Å². The number of hydrogen-bond donors (Lipinski definition) is 4. The molecule has 0 saturated heterocycles. The highest BCUT2D eigenvalue weighted by atomic mass is 35.5. The summed E-state index contributed by atoms with van der Waals surface area (Å²) in [5.41, 5.74) is 4.45. The van der Waals surface area contributed by atoms with E-state index in [4.69, 9.17) is 11.6 Å². The number of benzene rings is 1. The van der Waals surface area contributed by atoms with Crippen LogP contribution in [0, 0.1) is 0 Å². The molecule has 0 aliphatic rings. The Morgan fingerprint density at radius 2 is 1.97 bits per heavy atom. The van der Waals surface area contributed by atoms with Crippen molar-refractivity contribution in [1.29, 1.82) is 0 Å². The highest BCUT2D eigenvalue weighted by Crippen LogP contribution is 2.24. The Morgan fingerprint density at radius 3 is 2.78 bits per heavy atom. The fourth-order valence-corrected chi connectivity index (χ4v) is 3.61. The summed E-state index contributed by atoms with van der Waals surface area (Å²) < 4.78 is 1.30. The zero-order chi connectivity index (χ0) is 22.2. The average molecular weight is 450 g/mol. The van der Waals surface area contributed by atoms with Crippen LogP contribution >= 0.6 is 11.6 Å². The van der Waals surface area contributed by atoms with Gasteiger partial charge in [-0.05, 0) is 25.1 Å². The normalized spacial score (nSPS) is 12.2. The van der Waals surface area contributed by atoms with Gasteiger partial charge >= 0.3 is 0 Å². The molecule has 0 fully saturated rings. The molecule has 32 heavy (non-hydrogen) atoms. The zero-order valence-electron chi connectivity index (χ0n) is 16.6. The highest BCUT2D eigenvalue weighted by molar-refractivity contribution is 6.35. The lowest BCUT2D eigenvalue weighted by Gasteiger charge is -2.21. The van der Waals surface area contributed by atoms with Crippen LogP contribution in [0.3, 0.4) is 0 Å². The van der Waals surface area contributed by atoms with Crippen molar-refractivity contribution in [2.75, 3.05) is 10.7 Å². The second kappa shape index (κ2) is 7.78. The SMILES string of the molecule is C[C@H](Nc1ncnc2nc[nH]c12)c1nc2cccc(Cl)c2c(=O)n1Nc1ccc(=O)[nH]c1. The molecule has 4 N–H and O–H groups in total. The Kier molecular flexibility index (Phi) is 4.79. The molecule has 0 spiro atoms. The average Bonchev–Trinajstić information content (AvgIpc) is 3.27. The van der Waals surface area contributed by atoms with Gasteiger partial charge in [-0.3, -0.25) is 15.0 Å². The number of nitrogens with zero attached hydrogens (tertiary/aromatic N) is 5. The number of imidazole rings is 1. The second-order valence-electron chi connectivity index (χ2n) is 6.99. The van der Waals surface area contributed by atoms with Gasteiger partial charge in [-0.1, -0.05) is 17.7 Å². The number of H-pyrrole nitrogens is 2. The topological polar surface area (TPSA) is 146 Å². The number of anilines is 2. The van der Waals surface area contributed by atoms with Gasteiger partial charge in [0.05, 0.1) is 34.0 Å². The van der Waals surface area contributed by atoms with E-state index in [9.17, 15) is 9.59 Å². The van der Waals surface area contributed by atoms with Gasteiger partial charge in [0.2, 0.25) is 5.56 Å². The van der Waals surface area contributed by atoms with Crippen LogP contribution in [0.1, 0.15) is 18.8 Å². The zero-order valence-corrected chi connectivity index (χ0v) is 17.4. The molecule has 0 bridgehead atoms. The van der Waals surface area contributed by atoms with Gasteiger partial charge in [0.15, 0.2) is 17.3 Å². The van der Waals surface area contributed by atoms with Crippen LogP contribution in [0.25, 0.3) is 22.1 Å². The number of fused-ring (bicyclic) bond motifs is 2. The lowest BCUT2D eigenvalue weighted by atomic mass is 10.2. The third-order valence-corrected chi connectivity index (χ3v) is 5.18. The molecule has 1 aromatic carbocycles. The first-order chi connectivity index (χ1) is 15.5. The second-order valence-corrected chi connectivity index (χ2v) is 7.39. The Bertz CT molecular complexity index is 1550. The molecule has 0 saturated carbocycles. The number of rotatable bonds is 5. The summed E-state index contributed by atoms with van der Waals surface area (Å²) in [4.78, 5) is 47.6. The summed E-state index contributed by atoms with van der Waals surface area (Å²) in [7, 11) is 0.